The maximum atomic E-state index is 13.3. The molecule has 0 amide bonds. The summed E-state index contributed by atoms with van der Waals surface area (Å²) >= 11 is 0. The summed E-state index contributed by atoms with van der Waals surface area (Å²) in [6, 6.07) is 6.03. The molecule has 0 atom stereocenters. The average Bonchev–Trinajstić information content (AvgIpc) is 3.04. The number of hydrogen-bond donors (Lipinski definition) is 0. The highest BCUT2D eigenvalue weighted by Crippen LogP contribution is 2.27. The molecule has 22 heavy (non-hydrogen) atoms. The zero-order valence-electron chi connectivity index (χ0n) is 12.3. The van der Waals surface area contributed by atoms with Crippen molar-refractivity contribution < 1.29 is 12.8 Å². The Morgan fingerprint density at radius 2 is 2.00 bits per heavy atom. The fraction of sp³-hybridized carbons (Fsp3) is 0.400. The van der Waals surface area contributed by atoms with Crippen molar-refractivity contribution in [1.82, 2.24) is 14.1 Å². The highest BCUT2D eigenvalue weighted by Gasteiger charge is 2.30. The van der Waals surface area contributed by atoms with Crippen LogP contribution in [0.3, 0.4) is 0 Å². The maximum absolute atomic E-state index is 13.3. The van der Waals surface area contributed by atoms with Gasteiger partial charge in [-0.3, -0.25) is 4.68 Å². The Bertz CT molecular complexity index is 751. The summed E-state index contributed by atoms with van der Waals surface area (Å²) in [6.07, 6.45) is 5.07. The first-order chi connectivity index (χ1) is 10.5. The molecule has 0 spiro atoms. The van der Waals surface area contributed by atoms with Gasteiger partial charge in [0.25, 0.3) is 0 Å². The van der Waals surface area contributed by atoms with Crippen molar-refractivity contribution in [2.24, 2.45) is 0 Å². The smallest absolute Gasteiger partial charge is 0.243 e. The van der Waals surface area contributed by atoms with E-state index in [1.807, 2.05) is 16.9 Å². The van der Waals surface area contributed by atoms with Crippen LogP contribution < -0.4 is 0 Å². The van der Waals surface area contributed by atoms with Crippen molar-refractivity contribution in [3.05, 3.63) is 48.0 Å². The first-order valence-electron chi connectivity index (χ1n) is 7.24. The van der Waals surface area contributed by atoms with E-state index in [0.29, 0.717) is 18.7 Å². The van der Waals surface area contributed by atoms with Gasteiger partial charge in [0.2, 0.25) is 10.0 Å². The highest BCUT2D eigenvalue weighted by atomic mass is 32.2. The summed E-state index contributed by atoms with van der Waals surface area (Å²) in [6.45, 7) is 2.46. The summed E-state index contributed by atoms with van der Waals surface area (Å²) in [4.78, 5) is 0.156. The van der Waals surface area contributed by atoms with Crippen LogP contribution >= 0.6 is 0 Å². The number of rotatable bonds is 3. The molecule has 3 rings (SSSR count). The molecule has 5 nitrogen and oxygen atoms in total. The summed E-state index contributed by atoms with van der Waals surface area (Å²) in [5.74, 6) is -0.392. The lowest BCUT2D eigenvalue weighted by Crippen LogP contribution is -2.39. The zero-order valence-corrected chi connectivity index (χ0v) is 13.1. The SMILES string of the molecule is Cc1cc(S(=O)(=O)N2CCC(n3cccn3)CC2)ccc1F. The average molecular weight is 323 g/mol. The van der Waals surface area contributed by atoms with Crippen molar-refractivity contribution in [2.75, 3.05) is 13.1 Å². The van der Waals surface area contributed by atoms with Crippen LogP contribution in [0.4, 0.5) is 4.39 Å². The van der Waals surface area contributed by atoms with Crippen molar-refractivity contribution in [3.8, 4) is 0 Å². The second kappa shape index (κ2) is 5.81. The van der Waals surface area contributed by atoms with Gasteiger partial charge in [-0.25, -0.2) is 12.8 Å². The Kier molecular flexibility index (Phi) is 4.01. The first kappa shape index (κ1) is 15.2. The van der Waals surface area contributed by atoms with Crippen molar-refractivity contribution in [3.63, 3.8) is 0 Å². The Morgan fingerprint density at radius 1 is 1.27 bits per heavy atom. The molecule has 1 aromatic heterocycles. The molecule has 7 heteroatoms. The lowest BCUT2D eigenvalue weighted by molar-refractivity contribution is 0.261. The van der Waals surface area contributed by atoms with Gasteiger partial charge < -0.3 is 0 Å². The van der Waals surface area contributed by atoms with Crippen LogP contribution in [0.5, 0.6) is 0 Å². The minimum absolute atomic E-state index is 0.156. The normalized spacial score (nSPS) is 17.7. The Hall–Kier alpha value is -1.73. The molecule has 0 saturated carbocycles. The maximum Gasteiger partial charge on any atom is 0.243 e. The standard InChI is InChI=1S/C15H18FN3O2S/c1-12-11-14(3-4-15(12)16)22(20,21)18-9-5-13(6-10-18)19-8-2-7-17-19/h2-4,7-8,11,13H,5-6,9-10H2,1H3. The van der Waals surface area contributed by atoms with Gasteiger partial charge in [-0.2, -0.15) is 9.40 Å². The van der Waals surface area contributed by atoms with Gasteiger partial charge in [0, 0.05) is 25.5 Å². The number of nitrogens with zero attached hydrogens (tertiary/aromatic N) is 3. The van der Waals surface area contributed by atoms with Gasteiger partial charge in [0.05, 0.1) is 10.9 Å². The number of piperidine rings is 1. The van der Waals surface area contributed by atoms with E-state index in [1.54, 1.807) is 13.1 Å². The van der Waals surface area contributed by atoms with Gasteiger partial charge in [0.15, 0.2) is 0 Å². The van der Waals surface area contributed by atoms with Gasteiger partial charge in [-0.05, 0) is 49.6 Å². The molecule has 0 N–H and O–H groups in total. The Balaban J connectivity index is 1.75. The van der Waals surface area contributed by atoms with E-state index in [9.17, 15) is 12.8 Å². The van der Waals surface area contributed by atoms with Crippen LogP contribution in [-0.4, -0.2) is 35.6 Å². The van der Waals surface area contributed by atoms with Gasteiger partial charge >= 0.3 is 0 Å². The summed E-state index contributed by atoms with van der Waals surface area (Å²) in [5.41, 5.74) is 0.340. The number of aromatic nitrogens is 2. The third-order valence-electron chi connectivity index (χ3n) is 4.09. The number of aryl methyl sites for hydroxylation is 1. The fourth-order valence-electron chi connectivity index (χ4n) is 2.77. The third-order valence-corrected chi connectivity index (χ3v) is 5.98. The van der Waals surface area contributed by atoms with Crippen LogP contribution in [0.1, 0.15) is 24.4 Å². The molecule has 118 valence electrons. The Labute approximate surface area is 129 Å². The van der Waals surface area contributed by atoms with E-state index in [1.165, 1.54) is 22.5 Å². The predicted molar refractivity (Wildman–Crippen MR) is 80.4 cm³/mol. The molecular formula is C15H18FN3O2S. The van der Waals surface area contributed by atoms with Crippen LogP contribution in [0, 0.1) is 12.7 Å². The van der Waals surface area contributed by atoms with Crippen molar-refractivity contribution in [1.29, 1.82) is 0 Å². The molecule has 2 aromatic rings. The van der Waals surface area contributed by atoms with E-state index in [4.69, 9.17) is 0 Å². The van der Waals surface area contributed by atoms with E-state index in [0.717, 1.165) is 12.8 Å². The topological polar surface area (TPSA) is 55.2 Å². The molecule has 0 radical (unpaired) electrons. The largest absolute Gasteiger partial charge is 0.270 e. The van der Waals surface area contributed by atoms with E-state index in [-0.39, 0.29) is 10.9 Å². The minimum Gasteiger partial charge on any atom is -0.270 e. The summed E-state index contributed by atoms with van der Waals surface area (Å²) in [5, 5.41) is 4.21. The molecule has 1 saturated heterocycles. The fourth-order valence-corrected chi connectivity index (χ4v) is 4.33. The number of halogens is 1. The predicted octanol–water partition coefficient (Wildman–Crippen LogP) is 2.36. The van der Waals surface area contributed by atoms with Crippen LogP contribution in [0.2, 0.25) is 0 Å². The molecular weight excluding hydrogens is 305 g/mol. The summed E-state index contributed by atoms with van der Waals surface area (Å²) < 4.78 is 41.9. The van der Waals surface area contributed by atoms with Crippen LogP contribution in [-0.2, 0) is 10.0 Å². The molecule has 1 aromatic carbocycles. The lowest BCUT2D eigenvalue weighted by Gasteiger charge is -2.31. The van der Waals surface area contributed by atoms with Crippen molar-refractivity contribution in [2.45, 2.75) is 30.7 Å². The molecule has 1 aliphatic rings. The molecule has 1 aliphatic heterocycles. The van der Waals surface area contributed by atoms with E-state index < -0.39 is 15.8 Å². The van der Waals surface area contributed by atoms with Crippen molar-refractivity contribution >= 4 is 10.0 Å². The molecule has 1 fully saturated rings. The second-order valence-electron chi connectivity index (χ2n) is 5.53. The minimum atomic E-state index is -3.56. The van der Waals surface area contributed by atoms with Gasteiger partial charge in [0.1, 0.15) is 5.82 Å². The van der Waals surface area contributed by atoms with Crippen LogP contribution in [0.25, 0.3) is 0 Å². The Morgan fingerprint density at radius 3 is 2.59 bits per heavy atom. The monoisotopic (exact) mass is 323 g/mol. The van der Waals surface area contributed by atoms with E-state index >= 15 is 0 Å². The lowest BCUT2D eigenvalue weighted by atomic mass is 10.1. The number of hydrogen-bond acceptors (Lipinski definition) is 3. The van der Waals surface area contributed by atoms with Gasteiger partial charge in [-0.1, -0.05) is 0 Å². The highest BCUT2D eigenvalue weighted by molar-refractivity contribution is 7.89. The van der Waals surface area contributed by atoms with Crippen LogP contribution in [0.15, 0.2) is 41.6 Å². The summed E-state index contributed by atoms with van der Waals surface area (Å²) in [7, 11) is -3.56. The number of benzene rings is 1. The molecule has 2 heterocycles. The quantitative estimate of drug-likeness (QED) is 0.871. The molecule has 0 bridgehead atoms. The van der Waals surface area contributed by atoms with Gasteiger partial charge in [-0.15, -0.1) is 0 Å². The molecule has 0 unspecified atom stereocenters. The third kappa shape index (κ3) is 2.78. The first-order valence-corrected chi connectivity index (χ1v) is 8.68. The number of sulfonamides is 1. The molecule has 0 aliphatic carbocycles. The van der Waals surface area contributed by atoms with E-state index in [2.05, 4.69) is 5.10 Å². The second-order valence-corrected chi connectivity index (χ2v) is 7.47. The zero-order chi connectivity index (χ0) is 15.7.